The number of carbonyl (C=O) groups is 1. The summed E-state index contributed by atoms with van der Waals surface area (Å²) in [5.41, 5.74) is 0.264. The van der Waals surface area contributed by atoms with Gasteiger partial charge in [0.1, 0.15) is 0 Å². The van der Waals surface area contributed by atoms with Crippen LogP contribution < -0.4 is 0 Å². The van der Waals surface area contributed by atoms with Gasteiger partial charge < -0.3 is 4.90 Å². The summed E-state index contributed by atoms with van der Waals surface area (Å²) in [5.74, 6) is 0.222. The number of non-ortho nitro benzene ring substituents is 1. The molecule has 0 fully saturated rings. The van der Waals surface area contributed by atoms with Crippen molar-refractivity contribution in [3.05, 3.63) is 38.3 Å². The molecule has 20 heavy (non-hydrogen) atoms. The zero-order valence-corrected chi connectivity index (χ0v) is 13.5. The van der Waals surface area contributed by atoms with Crippen molar-refractivity contribution in [2.45, 2.75) is 27.2 Å². The van der Waals surface area contributed by atoms with Crippen LogP contribution in [0.4, 0.5) is 5.69 Å². The quantitative estimate of drug-likeness (QED) is 0.582. The summed E-state index contributed by atoms with van der Waals surface area (Å²) in [6, 6.07) is 4.25. The Bertz CT molecular complexity index is 505. The fourth-order valence-corrected chi connectivity index (χ4v) is 2.24. The molecule has 0 heterocycles. The lowest BCUT2D eigenvalue weighted by Crippen LogP contribution is -2.34. The van der Waals surface area contributed by atoms with Crippen LogP contribution in [0, 0.1) is 16.0 Å². The zero-order valence-electron chi connectivity index (χ0n) is 11.9. The van der Waals surface area contributed by atoms with Crippen molar-refractivity contribution in [1.82, 2.24) is 4.90 Å². The minimum atomic E-state index is -0.492. The van der Waals surface area contributed by atoms with Crippen molar-refractivity contribution in [1.29, 1.82) is 0 Å². The lowest BCUT2D eigenvalue weighted by Gasteiger charge is -2.24. The van der Waals surface area contributed by atoms with E-state index in [1.807, 2.05) is 6.92 Å². The molecular weight excluding hydrogens is 324 g/mol. The summed E-state index contributed by atoms with van der Waals surface area (Å²) in [4.78, 5) is 24.5. The van der Waals surface area contributed by atoms with Crippen molar-refractivity contribution in [2.24, 2.45) is 5.92 Å². The molecule has 1 unspecified atom stereocenters. The summed E-state index contributed by atoms with van der Waals surface area (Å²) < 4.78 is 0.579. The van der Waals surface area contributed by atoms with Gasteiger partial charge in [-0.1, -0.05) is 20.3 Å². The number of hydrogen-bond acceptors (Lipinski definition) is 3. The van der Waals surface area contributed by atoms with E-state index in [1.54, 1.807) is 11.0 Å². The van der Waals surface area contributed by atoms with Gasteiger partial charge in [0.25, 0.3) is 11.6 Å². The van der Waals surface area contributed by atoms with Crippen molar-refractivity contribution in [3.63, 3.8) is 0 Å². The molecule has 0 saturated carbocycles. The van der Waals surface area contributed by atoms with E-state index >= 15 is 0 Å². The van der Waals surface area contributed by atoms with Gasteiger partial charge in [0, 0.05) is 29.7 Å². The third-order valence-electron chi connectivity index (χ3n) is 3.29. The summed E-state index contributed by atoms with van der Waals surface area (Å²) in [6.45, 7) is 7.30. The molecule has 0 bridgehead atoms. The SMILES string of the molecule is CCC(C)CN(CC)C(=O)c1cc([N+](=O)[O-])ccc1Br. The topological polar surface area (TPSA) is 63.5 Å². The van der Waals surface area contributed by atoms with Crippen LogP contribution in [0.15, 0.2) is 22.7 Å². The summed E-state index contributed by atoms with van der Waals surface area (Å²) in [6.07, 6.45) is 0.986. The first kappa shape index (κ1) is 16.6. The standard InChI is InChI=1S/C14H19BrN2O3/c1-4-10(3)9-16(5-2)14(18)12-8-11(17(19)20)6-7-13(12)15/h6-8,10H,4-5,9H2,1-3H3. The minimum absolute atomic E-state index is 0.0730. The number of halogens is 1. The van der Waals surface area contributed by atoms with Crippen molar-refractivity contribution >= 4 is 27.5 Å². The van der Waals surface area contributed by atoms with Crippen LogP contribution in [-0.4, -0.2) is 28.8 Å². The van der Waals surface area contributed by atoms with E-state index in [1.165, 1.54) is 12.1 Å². The normalized spacial score (nSPS) is 12.0. The predicted octanol–water partition coefficient (Wildman–Crippen LogP) is 3.87. The van der Waals surface area contributed by atoms with E-state index in [-0.39, 0.29) is 11.6 Å². The molecule has 110 valence electrons. The van der Waals surface area contributed by atoms with E-state index in [0.29, 0.717) is 29.0 Å². The van der Waals surface area contributed by atoms with Gasteiger partial charge in [-0.2, -0.15) is 0 Å². The summed E-state index contributed by atoms with van der Waals surface area (Å²) in [7, 11) is 0. The van der Waals surface area contributed by atoms with Gasteiger partial charge in [-0.15, -0.1) is 0 Å². The third kappa shape index (κ3) is 4.03. The minimum Gasteiger partial charge on any atom is -0.339 e. The van der Waals surface area contributed by atoms with Crippen LogP contribution in [0.1, 0.15) is 37.6 Å². The van der Waals surface area contributed by atoms with Gasteiger partial charge in [0.2, 0.25) is 0 Å². The molecule has 1 aromatic carbocycles. The van der Waals surface area contributed by atoms with Crippen LogP contribution in [0.5, 0.6) is 0 Å². The molecule has 0 aromatic heterocycles. The van der Waals surface area contributed by atoms with E-state index in [0.717, 1.165) is 6.42 Å². The van der Waals surface area contributed by atoms with Gasteiger partial charge in [-0.3, -0.25) is 14.9 Å². The maximum Gasteiger partial charge on any atom is 0.270 e. The van der Waals surface area contributed by atoms with Crippen LogP contribution in [0.3, 0.4) is 0 Å². The molecule has 1 aromatic rings. The van der Waals surface area contributed by atoms with Gasteiger partial charge in [0.15, 0.2) is 0 Å². The highest BCUT2D eigenvalue weighted by Crippen LogP contribution is 2.24. The number of carbonyl (C=O) groups excluding carboxylic acids is 1. The first-order valence-electron chi connectivity index (χ1n) is 6.63. The molecule has 0 aliphatic rings. The van der Waals surface area contributed by atoms with Crippen molar-refractivity contribution < 1.29 is 9.72 Å². The highest BCUT2D eigenvalue weighted by molar-refractivity contribution is 9.10. The molecule has 5 nitrogen and oxygen atoms in total. The van der Waals surface area contributed by atoms with E-state index < -0.39 is 4.92 Å². The smallest absolute Gasteiger partial charge is 0.270 e. The Hall–Kier alpha value is -1.43. The monoisotopic (exact) mass is 342 g/mol. The molecule has 0 aliphatic heterocycles. The van der Waals surface area contributed by atoms with Crippen LogP contribution in [0.2, 0.25) is 0 Å². The largest absolute Gasteiger partial charge is 0.339 e. The van der Waals surface area contributed by atoms with E-state index in [9.17, 15) is 14.9 Å². The second kappa shape index (κ2) is 7.38. The van der Waals surface area contributed by atoms with Crippen LogP contribution >= 0.6 is 15.9 Å². The Morgan fingerprint density at radius 2 is 2.10 bits per heavy atom. The first-order chi connectivity index (χ1) is 9.40. The molecule has 1 amide bonds. The zero-order chi connectivity index (χ0) is 15.3. The molecule has 0 aliphatic carbocycles. The highest BCUT2D eigenvalue weighted by Gasteiger charge is 2.21. The molecule has 1 rings (SSSR count). The fraction of sp³-hybridized carbons (Fsp3) is 0.500. The van der Waals surface area contributed by atoms with Crippen LogP contribution in [-0.2, 0) is 0 Å². The third-order valence-corrected chi connectivity index (χ3v) is 3.98. The van der Waals surface area contributed by atoms with E-state index in [2.05, 4.69) is 29.8 Å². The Morgan fingerprint density at radius 1 is 1.45 bits per heavy atom. The number of rotatable bonds is 6. The lowest BCUT2D eigenvalue weighted by molar-refractivity contribution is -0.384. The van der Waals surface area contributed by atoms with E-state index in [4.69, 9.17) is 0 Å². The van der Waals surface area contributed by atoms with Crippen molar-refractivity contribution in [3.8, 4) is 0 Å². The number of nitro benzene ring substituents is 1. The average molecular weight is 343 g/mol. The second-order valence-corrected chi connectivity index (χ2v) is 5.63. The van der Waals surface area contributed by atoms with Crippen LogP contribution in [0.25, 0.3) is 0 Å². The van der Waals surface area contributed by atoms with Crippen molar-refractivity contribution in [2.75, 3.05) is 13.1 Å². The lowest BCUT2D eigenvalue weighted by atomic mass is 10.1. The molecular formula is C14H19BrN2O3. The Kier molecular flexibility index (Phi) is 6.13. The number of nitro groups is 1. The van der Waals surface area contributed by atoms with Gasteiger partial charge in [-0.25, -0.2) is 0 Å². The predicted molar refractivity (Wildman–Crippen MR) is 81.8 cm³/mol. The average Bonchev–Trinajstić information content (AvgIpc) is 2.43. The molecule has 0 spiro atoms. The maximum atomic E-state index is 12.5. The van der Waals surface area contributed by atoms with Gasteiger partial charge in [0.05, 0.1) is 10.5 Å². The van der Waals surface area contributed by atoms with Gasteiger partial charge in [-0.05, 0) is 34.8 Å². The molecule has 0 radical (unpaired) electrons. The summed E-state index contributed by atoms with van der Waals surface area (Å²) in [5, 5.41) is 10.8. The number of benzene rings is 1. The Morgan fingerprint density at radius 3 is 2.60 bits per heavy atom. The maximum absolute atomic E-state index is 12.5. The number of hydrogen-bond donors (Lipinski definition) is 0. The first-order valence-corrected chi connectivity index (χ1v) is 7.43. The second-order valence-electron chi connectivity index (χ2n) is 4.78. The molecule has 1 atom stereocenters. The fourth-order valence-electron chi connectivity index (χ4n) is 1.82. The Labute approximate surface area is 127 Å². The molecule has 6 heteroatoms. The van der Waals surface area contributed by atoms with Gasteiger partial charge >= 0.3 is 0 Å². The number of nitrogens with zero attached hydrogens (tertiary/aromatic N) is 2. The number of amides is 1. The summed E-state index contributed by atoms with van der Waals surface area (Å²) >= 11 is 3.29. The highest BCUT2D eigenvalue weighted by atomic mass is 79.9. The molecule has 0 N–H and O–H groups in total. The Balaban J connectivity index is 3.05. The molecule has 0 saturated heterocycles.